The summed E-state index contributed by atoms with van der Waals surface area (Å²) in [6.07, 6.45) is -0.886. The number of halogens is 1. The summed E-state index contributed by atoms with van der Waals surface area (Å²) in [5, 5.41) is 10.0. The third-order valence-electron chi connectivity index (χ3n) is 0.883. The maximum Gasteiger partial charge on any atom is 0.404 e. The number of carboxylic acid groups (broad SMARTS) is 1. The van der Waals surface area contributed by atoms with Crippen LogP contribution in [-0.4, -0.2) is 24.3 Å². The highest BCUT2D eigenvalue weighted by Gasteiger charge is 1.96. The zero-order valence-electron chi connectivity index (χ0n) is 5.30. The summed E-state index contributed by atoms with van der Waals surface area (Å²) in [6, 6.07) is 0. The van der Waals surface area contributed by atoms with E-state index in [4.69, 9.17) is 10.8 Å². The first-order chi connectivity index (χ1) is 4.70. The van der Waals surface area contributed by atoms with E-state index in [1.807, 2.05) is 5.32 Å². The molecule has 58 valence electrons. The van der Waals surface area contributed by atoms with Crippen LogP contribution in [0.15, 0.2) is 11.9 Å². The molecule has 0 unspecified atom stereocenters. The summed E-state index contributed by atoms with van der Waals surface area (Å²) < 4.78 is 11.6. The molecule has 0 rings (SSSR count). The molecular formula is C5H9FN2O2. The molecule has 4 nitrogen and oxygen atoms in total. The van der Waals surface area contributed by atoms with Crippen molar-refractivity contribution < 1.29 is 14.3 Å². The van der Waals surface area contributed by atoms with Crippen molar-refractivity contribution in [3.05, 3.63) is 11.9 Å². The molecular weight excluding hydrogens is 139 g/mol. The Kier molecular flexibility index (Phi) is 4.23. The van der Waals surface area contributed by atoms with E-state index in [2.05, 4.69) is 0 Å². The van der Waals surface area contributed by atoms with E-state index in [0.717, 1.165) is 0 Å². The van der Waals surface area contributed by atoms with Crippen molar-refractivity contribution in [1.82, 2.24) is 5.32 Å². The van der Waals surface area contributed by atoms with Crippen LogP contribution < -0.4 is 11.1 Å². The van der Waals surface area contributed by atoms with Crippen LogP contribution in [0.5, 0.6) is 0 Å². The van der Waals surface area contributed by atoms with E-state index in [-0.39, 0.29) is 18.7 Å². The first-order valence-corrected chi connectivity index (χ1v) is 2.65. The molecule has 0 aromatic rings. The first-order valence-electron chi connectivity index (χ1n) is 2.65. The minimum absolute atomic E-state index is 0.0246. The molecule has 4 N–H and O–H groups in total. The van der Waals surface area contributed by atoms with Gasteiger partial charge in [-0.15, -0.1) is 0 Å². The topological polar surface area (TPSA) is 75.3 Å². The van der Waals surface area contributed by atoms with Gasteiger partial charge in [0.1, 0.15) is 0 Å². The van der Waals surface area contributed by atoms with E-state index in [1.165, 1.54) is 0 Å². The fourth-order valence-corrected chi connectivity index (χ4v) is 0.344. The van der Waals surface area contributed by atoms with E-state index in [0.29, 0.717) is 6.33 Å². The number of nitrogens with one attached hydrogen (secondary N) is 1. The molecule has 0 aliphatic carbocycles. The largest absolute Gasteiger partial charge is 0.465 e. The predicted molar refractivity (Wildman–Crippen MR) is 34.3 cm³/mol. The van der Waals surface area contributed by atoms with E-state index < -0.39 is 6.09 Å². The smallest absolute Gasteiger partial charge is 0.404 e. The second kappa shape index (κ2) is 4.75. The normalized spacial score (nSPS) is 11.2. The maximum absolute atomic E-state index is 11.6. The Bertz CT molecular complexity index is 147. The molecule has 0 saturated carbocycles. The van der Waals surface area contributed by atoms with Crippen LogP contribution in [0.2, 0.25) is 0 Å². The van der Waals surface area contributed by atoms with Gasteiger partial charge in [-0.3, -0.25) is 0 Å². The van der Waals surface area contributed by atoms with Crippen LogP contribution >= 0.6 is 0 Å². The molecule has 0 atom stereocenters. The predicted octanol–water partition coefficient (Wildman–Crippen LogP) is 0.0661. The highest BCUT2D eigenvalue weighted by atomic mass is 19.1. The summed E-state index contributed by atoms with van der Waals surface area (Å²) in [7, 11) is 0. The second-order valence-electron chi connectivity index (χ2n) is 1.63. The van der Waals surface area contributed by atoms with Crippen LogP contribution in [0.4, 0.5) is 9.18 Å². The van der Waals surface area contributed by atoms with Gasteiger partial charge in [0.05, 0.1) is 6.33 Å². The lowest BCUT2D eigenvalue weighted by Crippen LogP contribution is -2.25. The molecule has 0 spiro atoms. The van der Waals surface area contributed by atoms with Crippen molar-refractivity contribution in [3.8, 4) is 0 Å². The van der Waals surface area contributed by atoms with Crippen LogP contribution in [0, 0.1) is 0 Å². The highest BCUT2D eigenvalue weighted by molar-refractivity contribution is 5.64. The van der Waals surface area contributed by atoms with Gasteiger partial charge in [-0.25, -0.2) is 9.18 Å². The Morgan fingerprint density at radius 3 is 2.70 bits per heavy atom. The molecule has 0 aliphatic heterocycles. The van der Waals surface area contributed by atoms with E-state index in [1.54, 1.807) is 0 Å². The third-order valence-corrected chi connectivity index (χ3v) is 0.883. The summed E-state index contributed by atoms with van der Waals surface area (Å²) in [6.45, 7) is -0.0287. The molecule has 5 heteroatoms. The number of amides is 1. The molecule has 0 fully saturated rings. The highest BCUT2D eigenvalue weighted by Crippen LogP contribution is 1.88. The Morgan fingerprint density at radius 1 is 1.80 bits per heavy atom. The van der Waals surface area contributed by atoms with Gasteiger partial charge < -0.3 is 16.2 Å². The number of carbonyl (C=O) groups is 1. The lowest BCUT2D eigenvalue weighted by Gasteiger charge is -2.00. The van der Waals surface area contributed by atoms with Crippen molar-refractivity contribution in [2.75, 3.05) is 13.1 Å². The summed E-state index contributed by atoms with van der Waals surface area (Å²) in [5.74, 6) is 0. The Balaban J connectivity index is 3.56. The number of hydrogen-bond acceptors (Lipinski definition) is 2. The van der Waals surface area contributed by atoms with Crippen LogP contribution in [0.3, 0.4) is 0 Å². The average molecular weight is 148 g/mol. The molecule has 0 radical (unpaired) electrons. The van der Waals surface area contributed by atoms with Crippen LogP contribution in [0.25, 0.3) is 0 Å². The monoisotopic (exact) mass is 148 g/mol. The quantitative estimate of drug-likeness (QED) is 0.530. The van der Waals surface area contributed by atoms with Gasteiger partial charge in [-0.1, -0.05) is 0 Å². The van der Waals surface area contributed by atoms with Gasteiger partial charge in [-0.05, 0) is 5.57 Å². The summed E-state index contributed by atoms with van der Waals surface area (Å²) in [4.78, 5) is 9.83. The number of nitrogens with two attached hydrogens (primary N) is 1. The maximum atomic E-state index is 11.6. The van der Waals surface area contributed by atoms with Gasteiger partial charge in [0.25, 0.3) is 0 Å². The molecule has 0 saturated heterocycles. The van der Waals surface area contributed by atoms with Crippen molar-refractivity contribution in [1.29, 1.82) is 0 Å². The Labute approximate surface area is 57.5 Å². The molecule has 0 heterocycles. The van der Waals surface area contributed by atoms with E-state index in [9.17, 15) is 9.18 Å². The third kappa shape index (κ3) is 3.85. The van der Waals surface area contributed by atoms with E-state index >= 15 is 0 Å². The van der Waals surface area contributed by atoms with Gasteiger partial charge in [-0.2, -0.15) is 0 Å². The van der Waals surface area contributed by atoms with Crippen molar-refractivity contribution in [3.63, 3.8) is 0 Å². The Morgan fingerprint density at radius 2 is 2.40 bits per heavy atom. The molecule has 10 heavy (non-hydrogen) atoms. The summed E-state index contributed by atoms with van der Waals surface area (Å²) >= 11 is 0. The van der Waals surface area contributed by atoms with Crippen molar-refractivity contribution in [2.24, 2.45) is 5.73 Å². The zero-order valence-corrected chi connectivity index (χ0v) is 5.30. The van der Waals surface area contributed by atoms with Crippen molar-refractivity contribution in [2.45, 2.75) is 0 Å². The lowest BCUT2D eigenvalue weighted by atomic mass is 10.3. The fraction of sp³-hybridized carbons (Fsp3) is 0.400. The minimum Gasteiger partial charge on any atom is -0.465 e. The minimum atomic E-state index is -1.19. The van der Waals surface area contributed by atoms with Gasteiger partial charge >= 0.3 is 6.09 Å². The van der Waals surface area contributed by atoms with Gasteiger partial charge in [0.2, 0.25) is 0 Å². The zero-order chi connectivity index (χ0) is 7.98. The molecule has 0 bridgehead atoms. The fourth-order valence-electron chi connectivity index (χ4n) is 0.344. The number of hydrogen-bond donors (Lipinski definition) is 3. The van der Waals surface area contributed by atoms with Crippen LogP contribution in [0.1, 0.15) is 0 Å². The molecule has 0 aromatic heterocycles. The second-order valence-corrected chi connectivity index (χ2v) is 1.63. The summed E-state index contributed by atoms with van der Waals surface area (Å²) in [5.41, 5.74) is 5.25. The number of rotatable bonds is 3. The molecule has 0 aromatic carbocycles. The molecule has 0 aliphatic rings. The lowest BCUT2D eigenvalue weighted by molar-refractivity contribution is 0.195. The first kappa shape index (κ1) is 8.90. The van der Waals surface area contributed by atoms with Crippen LogP contribution in [-0.2, 0) is 0 Å². The average Bonchev–Trinajstić information content (AvgIpc) is 1.90. The standard InChI is InChI=1S/C5H9FN2O2/c6-1-4(2-7)3-8-5(9)10/h1,8H,2-3,7H2,(H,9,10)/b4-1+. The van der Waals surface area contributed by atoms with Crippen molar-refractivity contribution >= 4 is 6.09 Å². The SMILES string of the molecule is NC/C(=C\F)CNC(=O)O. The van der Waals surface area contributed by atoms with Gasteiger partial charge in [0.15, 0.2) is 0 Å². The van der Waals surface area contributed by atoms with Gasteiger partial charge in [0, 0.05) is 13.1 Å². The molecule has 1 amide bonds. The Hall–Kier alpha value is -1.10.